The fourth-order valence-corrected chi connectivity index (χ4v) is 9.58. The normalized spacial score (nSPS) is 11.5. The van der Waals surface area contributed by atoms with Crippen molar-refractivity contribution < 1.29 is 4.42 Å². The average molecular weight is 805 g/mol. The molecular weight excluding hydrogens is 765 g/mol. The van der Waals surface area contributed by atoms with E-state index in [4.69, 9.17) is 4.42 Å². The van der Waals surface area contributed by atoms with Crippen LogP contribution in [0.1, 0.15) is 0 Å². The quantitative estimate of drug-likeness (QED) is 0.153. The SMILES string of the molecule is c1ccc(-c2cccc(N(c3ccc(-c4ccccc4-c4ccccc4-n4c5ccccc5c5ccccc54)cc3)c3ccccc3-c3cccc4c3oc3ccccc34)c2)cc1. The molecule has 12 rings (SSSR count). The summed E-state index contributed by atoms with van der Waals surface area (Å²) in [6.45, 7) is 0. The van der Waals surface area contributed by atoms with Crippen LogP contribution in [0, 0.1) is 0 Å². The number of nitrogens with zero attached hydrogens (tertiary/aromatic N) is 2. The van der Waals surface area contributed by atoms with Crippen LogP contribution in [0.4, 0.5) is 17.1 Å². The number of fused-ring (bicyclic) bond motifs is 6. The summed E-state index contributed by atoms with van der Waals surface area (Å²) < 4.78 is 9.05. The number of hydrogen-bond donors (Lipinski definition) is 0. The maximum absolute atomic E-state index is 6.63. The molecule has 3 nitrogen and oxygen atoms in total. The van der Waals surface area contributed by atoms with Gasteiger partial charge in [-0.2, -0.15) is 0 Å². The minimum atomic E-state index is 0.886. The van der Waals surface area contributed by atoms with Gasteiger partial charge in [0.2, 0.25) is 0 Å². The lowest BCUT2D eigenvalue weighted by atomic mass is 9.93. The van der Waals surface area contributed by atoms with Gasteiger partial charge in [-0.3, -0.25) is 0 Å². The molecule has 2 heterocycles. The van der Waals surface area contributed by atoms with Crippen molar-refractivity contribution >= 4 is 60.8 Å². The van der Waals surface area contributed by atoms with E-state index in [2.05, 4.69) is 246 Å². The van der Waals surface area contributed by atoms with Crippen LogP contribution in [0.15, 0.2) is 247 Å². The monoisotopic (exact) mass is 804 g/mol. The zero-order chi connectivity index (χ0) is 41.7. The summed E-state index contributed by atoms with van der Waals surface area (Å²) in [5, 5.41) is 4.73. The summed E-state index contributed by atoms with van der Waals surface area (Å²) in [5.74, 6) is 0. The average Bonchev–Trinajstić information content (AvgIpc) is 3.91. The van der Waals surface area contributed by atoms with E-state index in [1.807, 2.05) is 6.07 Å². The van der Waals surface area contributed by atoms with Crippen LogP contribution in [-0.4, -0.2) is 4.57 Å². The molecule has 0 atom stereocenters. The lowest BCUT2D eigenvalue weighted by Crippen LogP contribution is -2.11. The maximum atomic E-state index is 6.63. The number of benzene rings is 10. The largest absolute Gasteiger partial charge is 0.455 e. The van der Waals surface area contributed by atoms with Gasteiger partial charge >= 0.3 is 0 Å². The lowest BCUT2D eigenvalue weighted by Gasteiger charge is -2.28. The third-order valence-corrected chi connectivity index (χ3v) is 12.4. The molecule has 0 radical (unpaired) electrons. The predicted molar refractivity (Wildman–Crippen MR) is 264 cm³/mol. The van der Waals surface area contributed by atoms with Gasteiger partial charge in [-0.05, 0) is 82.4 Å². The number of hydrogen-bond acceptors (Lipinski definition) is 2. The molecule has 0 aliphatic carbocycles. The van der Waals surface area contributed by atoms with E-state index in [1.165, 1.54) is 44.1 Å². The Morgan fingerprint density at radius 1 is 0.317 bits per heavy atom. The lowest BCUT2D eigenvalue weighted by molar-refractivity contribution is 0.670. The van der Waals surface area contributed by atoms with Crippen LogP contribution in [0.5, 0.6) is 0 Å². The van der Waals surface area contributed by atoms with Crippen LogP contribution in [0.25, 0.3) is 93.9 Å². The highest BCUT2D eigenvalue weighted by molar-refractivity contribution is 6.11. The highest BCUT2D eigenvalue weighted by Crippen LogP contribution is 2.46. The van der Waals surface area contributed by atoms with E-state index in [-0.39, 0.29) is 0 Å². The predicted octanol–water partition coefficient (Wildman–Crippen LogP) is 16.8. The molecular formula is C60H40N2O. The van der Waals surface area contributed by atoms with Gasteiger partial charge in [-0.15, -0.1) is 0 Å². The topological polar surface area (TPSA) is 21.3 Å². The Kier molecular flexibility index (Phi) is 8.83. The minimum absolute atomic E-state index is 0.886. The number of para-hydroxylation sites is 6. The zero-order valence-corrected chi connectivity index (χ0v) is 34.4. The zero-order valence-electron chi connectivity index (χ0n) is 34.4. The third kappa shape index (κ3) is 6.21. The molecule has 12 aromatic rings. The number of anilines is 3. The van der Waals surface area contributed by atoms with Gasteiger partial charge in [0.1, 0.15) is 11.2 Å². The highest BCUT2D eigenvalue weighted by Gasteiger charge is 2.22. The van der Waals surface area contributed by atoms with Crippen molar-refractivity contribution in [2.24, 2.45) is 0 Å². The molecule has 296 valence electrons. The maximum Gasteiger partial charge on any atom is 0.143 e. The molecule has 0 aliphatic rings. The van der Waals surface area contributed by atoms with E-state index in [9.17, 15) is 0 Å². The minimum Gasteiger partial charge on any atom is -0.455 e. The van der Waals surface area contributed by atoms with E-state index < -0.39 is 0 Å². The summed E-state index contributed by atoms with van der Waals surface area (Å²) in [7, 11) is 0. The van der Waals surface area contributed by atoms with Crippen molar-refractivity contribution in [2.45, 2.75) is 0 Å². The van der Waals surface area contributed by atoms with Crippen molar-refractivity contribution in [1.29, 1.82) is 0 Å². The van der Waals surface area contributed by atoms with Gasteiger partial charge in [0, 0.05) is 49.6 Å². The van der Waals surface area contributed by atoms with Crippen molar-refractivity contribution in [1.82, 2.24) is 4.57 Å². The van der Waals surface area contributed by atoms with E-state index >= 15 is 0 Å². The van der Waals surface area contributed by atoms with Crippen molar-refractivity contribution in [3.8, 4) is 50.2 Å². The molecule has 0 spiro atoms. The molecule has 0 amide bonds. The Bertz CT molecular complexity index is 3580. The standard InChI is InChI=1S/C60H40N2O/c1-2-18-41(19-3-1)43-20-16-21-45(40-43)61(55-31-11-9-27-51(55)53-29-17-30-54-52-28-10-15-35-59(52)63-60(53)54)44-38-36-42(37-39-44)46-22-4-5-23-47(46)48-24-6-12-32-56(48)62-57-33-13-7-25-49(57)50-26-8-14-34-58(50)62/h1-40H. The Labute approximate surface area is 366 Å². The van der Waals surface area contributed by atoms with Crippen molar-refractivity contribution in [3.05, 3.63) is 243 Å². The fraction of sp³-hybridized carbons (Fsp3) is 0. The van der Waals surface area contributed by atoms with E-state index in [0.29, 0.717) is 0 Å². The van der Waals surface area contributed by atoms with Crippen molar-refractivity contribution in [2.75, 3.05) is 4.90 Å². The molecule has 0 N–H and O–H groups in total. The van der Waals surface area contributed by atoms with Gasteiger partial charge in [0.25, 0.3) is 0 Å². The van der Waals surface area contributed by atoms with Gasteiger partial charge in [0.05, 0.1) is 22.4 Å². The van der Waals surface area contributed by atoms with Crippen molar-refractivity contribution in [3.63, 3.8) is 0 Å². The molecule has 0 aliphatic heterocycles. The second kappa shape index (κ2) is 15.3. The summed E-state index contributed by atoms with van der Waals surface area (Å²) >= 11 is 0. The summed E-state index contributed by atoms with van der Waals surface area (Å²) in [6.07, 6.45) is 0. The third-order valence-electron chi connectivity index (χ3n) is 12.4. The number of rotatable bonds is 8. The molecule has 0 unspecified atom stereocenters. The van der Waals surface area contributed by atoms with Gasteiger partial charge < -0.3 is 13.9 Å². The van der Waals surface area contributed by atoms with Gasteiger partial charge in [0.15, 0.2) is 0 Å². The smallest absolute Gasteiger partial charge is 0.143 e. The molecule has 63 heavy (non-hydrogen) atoms. The molecule has 0 saturated carbocycles. The second-order valence-corrected chi connectivity index (χ2v) is 16.0. The molecule has 10 aromatic carbocycles. The Morgan fingerprint density at radius 3 is 1.65 bits per heavy atom. The summed E-state index contributed by atoms with van der Waals surface area (Å²) in [6, 6.07) is 87.0. The van der Waals surface area contributed by atoms with Crippen LogP contribution in [-0.2, 0) is 0 Å². The number of aromatic nitrogens is 1. The van der Waals surface area contributed by atoms with Crippen LogP contribution in [0.3, 0.4) is 0 Å². The van der Waals surface area contributed by atoms with E-state index in [0.717, 1.165) is 66.9 Å². The first-order valence-electron chi connectivity index (χ1n) is 21.5. The highest BCUT2D eigenvalue weighted by atomic mass is 16.3. The van der Waals surface area contributed by atoms with Crippen LogP contribution >= 0.6 is 0 Å². The Balaban J connectivity index is 1.01. The van der Waals surface area contributed by atoms with E-state index in [1.54, 1.807) is 0 Å². The molecule has 0 fully saturated rings. The van der Waals surface area contributed by atoms with Gasteiger partial charge in [-0.1, -0.05) is 188 Å². The fourth-order valence-electron chi connectivity index (χ4n) is 9.58. The molecule has 0 bridgehead atoms. The summed E-state index contributed by atoms with van der Waals surface area (Å²) in [4.78, 5) is 2.39. The first kappa shape index (κ1) is 36.5. The van der Waals surface area contributed by atoms with Crippen LogP contribution in [0.2, 0.25) is 0 Å². The first-order valence-corrected chi connectivity index (χ1v) is 21.5. The Morgan fingerprint density at radius 2 is 0.873 bits per heavy atom. The Hall–Kier alpha value is -8.40. The molecule has 0 saturated heterocycles. The number of furan rings is 1. The second-order valence-electron chi connectivity index (χ2n) is 16.0. The summed E-state index contributed by atoms with van der Waals surface area (Å²) in [5.41, 5.74) is 17.6. The van der Waals surface area contributed by atoms with Crippen LogP contribution < -0.4 is 4.90 Å². The molecule has 2 aromatic heterocycles. The molecule has 3 heteroatoms. The first-order chi connectivity index (χ1) is 31.3. The van der Waals surface area contributed by atoms with Gasteiger partial charge in [-0.25, -0.2) is 0 Å².